The first-order valence-electron chi connectivity index (χ1n) is 9.35. The number of hydrogen-bond donors (Lipinski definition) is 2. The van der Waals surface area contributed by atoms with E-state index in [2.05, 4.69) is 20.0 Å². The van der Waals surface area contributed by atoms with Gasteiger partial charge in [-0.15, -0.1) is 0 Å². The standard InChI is InChI=1S/C18H23F3N3O4P/c1-2-3-8-29(25,26)11-14-9-22-15(10-27-14)12-4-6-13(7-5-12)16-23-17(28-24-16)18(19,20)21/h4-7,14-15,22H,2-3,8-11H2,1H3,(H,25,26)/t14-,15-/m1/s1. The molecule has 1 aromatic heterocycles. The van der Waals surface area contributed by atoms with Gasteiger partial charge in [-0.2, -0.15) is 18.2 Å². The lowest BCUT2D eigenvalue weighted by Crippen LogP contribution is -2.42. The fraction of sp³-hybridized carbons (Fsp3) is 0.556. The van der Waals surface area contributed by atoms with Gasteiger partial charge < -0.3 is 19.5 Å². The van der Waals surface area contributed by atoms with Gasteiger partial charge in [0.05, 0.1) is 24.9 Å². The Labute approximate surface area is 166 Å². The van der Waals surface area contributed by atoms with Gasteiger partial charge in [-0.25, -0.2) is 0 Å². The van der Waals surface area contributed by atoms with Crippen LogP contribution in [0.4, 0.5) is 13.2 Å². The minimum atomic E-state index is -4.68. The molecule has 1 aliphatic rings. The van der Waals surface area contributed by atoms with E-state index in [0.29, 0.717) is 31.3 Å². The highest BCUT2D eigenvalue weighted by Gasteiger charge is 2.38. The maximum Gasteiger partial charge on any atom is 0.471 e. The van der Waals surface area contributed by atoms with Gasteiger partial charge in [-0.05, 0) is 12.0 Å². The van der Waals surface area contributed by atoms with E-state index >= 15 is 0 Å². The van der Waals surface area contributed by atoms with Crippen LogP contribution in [0, 0.1) is 0 Å². The van der Waals surface area contributed by atoms with E-state index in [1.165, 1.54) is 0 Å². The molecule has 0 saturated carbocycles. The van der Waals surface area contributed by atoms with E-state index in [0.717, 1.165) is 12.0 Å². The molecule has 1 aliphatic heterocycles. The van der Waals surface area contributed by atoms with Crippen molar-refractivity contribution in [2.45, 2.75) is 38.1 Å². The number of benzene rings is 1. The van der Waals surface area contributed by atoms with Crippen molar-refractivity contribution in [3.05, 3.63) is 35.7 Å². The summed E-state index contributed by atoms with van der Waals surface area (Å²) >= 11 is 0. The Morgan fingerprint density at radius 1 is 1.31 bits per heavy atom. The molecule has 2 aromatic rings. The maximum absolute atomic E-state index is 12.6. The molecule has 0 amide bonds. The Bertz CT molecular complexity index is 849. The zero-order chi connectivity index (χ0) is 21.1. The molecule has 0 radical (unpaired) electrons. The van der Waals surface area contributed by atoms with Crippen molar-refractivity contribution in [3.8, 4) is 11.4 Å². The third-order valence-corrected chi connectivity index (χ3v) is 6.67. The third-order valence-electron chi connectivity index (χ3n) is 4.68. The minimum absolute atomic E-state index is 0.120. The number of ether oxygens (including phenoxy) is 1. The van der Waals surface area contributed by atoms with Gasteiger partial charge in [-0.3, -0.25) is 4.57 Å². The number of rotatable bonds is 7. The van der Waals surface area contributed by atoms with Crippen LogP contribution in [-0.4, -0.2) is 46.6 Å². The van der Waals surface area contributed by atoms with Gasteiger partial charge in [0.15, 0.2) is 0 Å². The van der Waals surface area contributed by atoms with Crippen LogP contribution in [0.1, 0.15) is 37.3 Å². The lowest BCUT2D eigenvalue weighted by Gasteiger charge is -2.31. The summed E-state index contributed by atoms with van der Waals surface area (Å²) in [7, 11) is -3.19. The predicted octanol–water partition coefficient (Wildman–Crippen LogP) is 3.86. The zero-order valence-electron chi connectivity index (χ0n) is 15.9. The van der Waals surface area contributed by atoms with Crippen molar-refractivity contribution in [2.75, 3.05) is 25.5 Å². The number of nitrogens with zero attached hydrogens (tertiary/aromatic N) is 2. The van der Waals surface area contributed by atoms with Crippen LogP contribution in [0.3, 0.4) is 0 Å². The molecule has 1 fully saturated rings. The number of halogens is 3. The van der Waals surface area contributed by atoms with Crippen LogP contribution in [0.25, 0.3) is 11.4 Å². The molecule has 3 atom stereocenters. The fourth-order valence-electron chi connectivity index (χ4n) is 3.09. The third kappa shape index (κ3) is 5.88. The van der Waals surface area contributed by atoms with Crippen LogP contribution < -0.4 is 5.32 Å². The molecule has 160 valence electrons. The summed E-state index contributed by atoms with van der Waals surface area (Å²) in [4.78, 5) is 13.4. The van der Waals surface area contributed by atoms with Crippen molar-refractivity contribution in [2.24, 2.45) is 0 Å². The average Bonchev–Trinajstić information content (AvgIpc) is 3.18. The molecule has 11 heteroatoms. The molecule has 1 saturated heterocycles. The van der Waals surface area contributed by atoms with Crippen molar-refractivity contribution in [3.63, 3.8) is 0 Å². The van der Waals surface area contributed by atoms with Gasteiger partial charge >= 0.3 is 12.1 Å². The second-order valence-corrected chi connectivity index (χ2v) is 9.57. The summed E-state index contributed by atoms with van der Waals surface area (Å²) in [5.74, 6) is -1.52. The number of unbranched alkanes of at least 4 members (excludes halogenated alkanes) is 1. The fourth-order valence-corrected chi connectivity index (χ4v) is 4.95. The average molecular weight is 433 g/mol. The lowest BCUT2D eigenvalue weighted by molar-refractivity contribution is -0.159. The van der Waals surface area contributed by atoms with E-state index in [4.69, 9.17) is 4.74 Å². The Morgan fingerprint density at radius 3 is 2.59 bits per heavy atom. The Balaban J connectivity index is 1.56. The van der Waals surface area contributed by atoms with Crippen molar-refractivity contribution in [1.29, 1.82) is 0 Å². The summed E-state index contributed by atoms with van der Waals surface area (Å²) in [5.41, 5.74) is 1.28. The molecule has 0 aliphatic carbocycles. The number of nitrogens with one attached hydrogen (secondary N) is 1. The summed E-state index contributed by atoms with van der Waals surface area (Å²) in [6.45, 7) is 2.75. The first-order chi connectivity index (χ1) is 13.7. The van der Waals surface area contributed by atoms with E-state index < -0.39 is 19.4 Å². The summed E-state index contributed by atoms with van der Waals surface area (Å²) < 4.78 is 59.9. The van der Waals surface area contributed by atoms with Gasteiger partial charge in [0.25, 0.3) is 0 Å². The summed E-state index contributed by atoms with van der Waals surface area (Å²) in [6, 6.07) is 6.60. The highest BCUT2D eigenvalue weighted by molar-refractivity contribution is 7.58. The number of alkyl halides is 3. The minimum Gasteiger partial charge on any atom is -0.374 e. The van der Waals surface area contributed by atoms with E-state index in [-0.39, 0.29) is 24.1 Å². The van der Waals surface area contributed by atoms with Crippen LogP contribution >= 0.6 is 7.37 Å². The van der Waals surface area contributed by atoms with Crippen LogP contribution in [0.2, 0.25) is 0 Å². The van der Waals surface area contributed by atoms with Gasteiger partial charge in [0.2, 0.25) is 13.2 Å². The molecule has 1 unspecified atom stereocenters. The van der Waals surface area contributed by atoms with Crippen molar-refractivity contribution < 1.29 is 31.9 Å². The topological polar surface area (TPSA) is 97.5 Å². The zero-order valence-corrected chi connectivity index (χ0v) is 16.7. The molecule has 0 spiro atoms. The Kier molecular flexibility index (Phi) is 6.78. The molecule has 3 rings (SSSR count). The smallest absolute Gasteiger partial charge is 0.374 e. The maximum atomic E-state index is 12.6. The quantitative estimate of drug-likeness (QED) is 0.640. The Morgan fingerprint density at radius 2 is 2.03 bits per heavy atom. The molecular weight excluding hydrogens is 410 g/mol. The van der Waals surface area contributed by atoms with Gasteiger partial charge in [0.1, 0.15) is 0 Å². The van der Waals surface area contributed by atoms with E-state index in [9.17, 15) is 22.6 Å². The van der Waals surface area contributed by atoms with Crippen LogP contribution in [0.15, 0.2) is 28.8 Å². The van der Waals surface area contributed by atoms with E-state index in [1.54, 1.807) is 24.3 Å². The lowest BCUT2D eigenvalue weighted by atomic mass is 10.0. The monoisotopic (exact) mass is 433 g/mol. The summed E-state index contributed by atoms with van der Waals surface area (Å²) in [6.07, 6.45) is -2.98. The first kappa shape index (κ1) is 22.0. The van der Waals surface area contributed by atoms with Gasteiger partial charge in [0, 0.05) is 18.3 Å². The SMILES string of the molecule is CCCCP(=O)(O)C[C@H]1CN[C@@H](c2ccc(-c3noc(C(F)(F)F)n3)cc2)CO1. The predicted molar refractivity (Wildman–Crippen MR) is 99.7 cm³/mol. The molecule has 2 N–H and O–H groups in total. The highest BCUT2D eigenvalue weighted by Crippen LogP contribution is 2.43. The number of morpholine rings is 1. The number of aromatic nitrogens is 2. The molecular formula is C18H23F3N3O4P. The number of hydrogen-bond acceptors (Lipinski definition) is 6. The Hall–Kier alpha value is -1.74. The second-order valence-electron chi connectivity index (χ2n) is 7.07. The van der Waals surface area contributed by atoms with Crippen molar-refractivity contribution >= 4 is 7.37 Å². The normalized spacial score (nSPS) is 22.4. The largest absolute Gasteiger partial charge is 0.471 e. The first-order valence-corrected chi connectivity index (χ1v) is 11.4. The van der Waals surface area contributed by atoms with Gasteiger partial charge in [-0.1, -0.05) is 42.8 Å². The van der Waals surface area contributed by atoms with Crippen molar-refractivity contribution in [1.82, 2.24) is 15.5 Å². The second kappa shape index (κ2) is 8.95. The van der Waals surface area contributed by atoms with Crippen LogP contribution in [0.5, 0.6) is 0 Å². The molecule has 2 heterocycles. The highest BCUT2D eigenvalue weighted by atomic mass is 31.2. The molecule has 7 nitrogen and oxygen atoms in total. The molecule has 1 aromatic carbocycles. The summed E-state index contributed by atoms with van der Waals surface area (Å²) in [5, 5.41) is 6.66. The molecule has 29 heavy (non-hydrogen) atoms. The van der Waals surface area contributed by atoms with E-state index in [1.807, 2.05) is 6.92 Å². The molecule has 0 bridgehead atoms. The van der Waals surface area contributed by atoms with Crippen LogP contribution in [-0.2, 0) is 15.5 Å².